The Bertz CT molecular complexity index is 1860. The van der Waals surface area contributed by atoms with Gasteiger partial charge in [-0.25, -0.2) is 0 Å². The maximum Gasteiger partial charge on any atom is 0.253 e. The molecule has 22 heteroatoms. The molecule has 448 valence electrons. The number of hydrogen-bond donors (Lipinski definition) is 8. The van der Waals surface area contributed by atoms with Crippen LogP contribution in [0.1, 0.15) is 164 Å². The van der Waals surface area contributed by atoms with Crippen molar-refractivity contribution in [2.75, 3.05) is 59.3 Å². The van der Waals surface area contributed by atoms with Crippen LogP contribution in [0.15, 0.2) is 12.2 Å². The maximum absolute atomic E-state index is 13.5. The predicted molar refractivity (Wildman–Crippen MR) is 284 cm³/mol. The van der Waals surface area contributed by atoms with Crippen LogP contribution in [0.25, 0.3) is 0 Å². The summed E-state index contributed by atoms with van der Waals surface area (Å²) in [4.78, 5) is 89.0. The molecule has 3 heterocycles. The number of unbranched alkanes of at least 4 members (excludes halogenated alkanes) is 5. The van der Waals surface area contributed by atoms with Crippen molar-refractivity contribution in [2.45, 2.75) is 219 Å². The van der Waals surface area contributed by atoms with E-state index < -0.39 is 103 Å². The molecule has 6 unspecified atom stereocenters. The maximum atomic E-state index is 13.5. The van der Waals surface area contributed by atoms with E-state index in [1.54, 1.807) is 13.8 Å². The van der Waals surface area contributed by atoms with Crippen molar-refractivity contribution in [3.8, 4) is 0 Å². The Labute approximate surface area is 461 Å². The van der Waals surface area contributed by atoms with E-state index in [0.717, 1.165) is 4.90 Å². The first kappa shape index (κ1) is 68.6. The highest BCUT2D eigenvalue weighted by molar-refractivity contribution is 6.13. The molecule has 2 saturated heterocycles. The number of hydrogen-bond acceptors (Lipinski definition) is 19. The normalized spacial score (nSPS) is 25.7. The largest absolute Gasteiger partial charge is 0.394 e. The highest BCUT2D eigenvalue weighted by Gasteiger charge is 2.44. The fourth-order valence-corrected chi connectivity index (χ4v) is 9.23. The standard InChI is InChI=1S/C56H95N3O19/c1-37-48(68)50(70)43(35-60)77-53(37)73-30-14-10-20-42(64)34-39(18-9-13-27-57-45(65)23-11-15-31-74-54-38(2)49(69)51(71)44(36-61)78-54)52(72)58-28-12-7-8-19-40(62)21-16-32-75-56(6,55(3,4)5)76-33-17-22-41(63)26-29-59-46(66)24-25-47(59)67/h24-25,37-39,43-44,48-51,53-54,60-61,68-71H,7-23,26-36H2,1-6H3,(H,57,65)(H,58,72)/t37-,38?,39+,43?,44?,48+,49+,50-,51?,53?,54+,56?/m0/s1. The first-order chi connectivity index (χ1) is 37.0. The zero-order chi connectivity index (χ0) is 57.8. The van der Waals surface area contributed by atoms with Gasteiger partial charge in [-0.15, -0.1) is 0 Å². The second-order valence-electron chi connectivity index (χ2n) is 22.3. The number of ether oxygens (including phenoxy) is 6. The average Bonchev–Trinajstić information content (AvgIpc) is 3.73. The van der Waals surface area contributed by atoms with Crippen LogP contribution in [0, 0.1) is 23.2 Å². The highest BCUT2D eigenvalue weighted by Crippen LogP contribution is 2.35. The zero-order valence-corrected chi connectivity index (χ0v) is 47.2. The Kier molecular flexibility index (Phi) is 31.6. The summed E-state index contributed by atoms with van der Waals surface area (Å²) in [6.45, 7) is 12.1. The summed E-state index contributed by atoms with van der Waals surface area (Å²) in [5.74, 6) is -3.84. The van der Waals surface area contributed by atoms with E-state index in [2.05, 4.69) is 10.6 Å². The number of amides is 4. The molecule has 3 aliphatic rings. The topological polar surface area (TPSA) is 324 Å². The summed E-state index contributed by atoms with van der Waals surface area (Å²) in [7, 11) is 0. The average molecular weight is 1110 g/mol. The van der Waals surface area contributed by atoms with Crippen LogP contribution in [0.5, 0.6) is 0 Å². The molecule has 78 heavy (non-hydrogen) atoms. The molecule has 8 N–H and O–H groups in total. The minimum Gasteiger partial charge on any atom is -0.394 e. The molecule has 3 aliphatic heterocycles. The van der Waals surface area contributed by atoms with E-state index >= 15 is 0 Å². The smallest absolute Gasteiger partial charge is 0.253 e. The van der Waals surface area contributed by atoms with E-state index in [1.165, 1.54) is 12.2 Å². The van der Waals surface area contributed by atoms with E-state index in [9.17, 15) is 64.2 Å². The van der Waals surface area contributed by atoms with Crippen molar-refractivity contribution in [1.82, 2.24) is 15.5 Å². The van der Waals surface area contributed by atoms with Gasteiger partial charge in [0.2, 0.25) is 11.8 Å². The number of carbonyl (C=O) groups excluding carboxylic acids is 7. The van der Waals surface area contributed by atoms with Crippen LogP contribution in [0.2, 0.25) is 0 Å². The number of nitrogens with one attached hydrogen (secondary N) is 2. The number of Topliss-reactive ketones (excluding diaryl/α,β-unsaturated/α-hetero) is 3. The molecule has 0 aromatic heterocycles. The second-order valence-corrected chi connectivity index (χ2v) is 22.3. The van der Waals surface area contributed by atoms with Crippen molar-refractivity contribution in [3.05, 3.63) is 12.2 Å². The molecule has 0 saturated carbocycles. The van der Waals surface area contributed by atoms with Crippen molar-refractivity contribution < 1.29 is 92.6 Å². The van der Waals surface area contributed by atoms with E-state index in [1.807, 2.05) is 27.7 Å². The Morgan fingerprint density at radius 1 is 0.577 bits per heavy atom. The van der Waals surface area contributed by atoms with Crippen molar-refractivity contribution >= 4 is 41.0 Å². The number of nitrogens with zero attached hydrogens (tertiary/aromatic N) is 1. The molecular weight excluding hydrogens is 1020 g/mol. The molecule has 0 bridgehead atoms. The van der Waals surface area contributed by atoms with Gasteiger partial charge in [-0.1, -0.05) is 47.5 Å². The third kappa shape index (κ3) is 23.8. The first-order valence-electron chi connectivity index (χ1n) is 28.4. The van der Waals surface area contributed by atoms with Crippen LogP contribution in [0.4, 0.5) is 0 Å². The molecule has 2 fully saturated rings. The van der Waals surface area contributed by atoms with Gasteiger partial charge < -0.3 is 69.7 Å². The van der Waals surface area contributed by atoms with Gasteiger partial charge in [0.15, 0.2) is 18.4 Å². The highest BCUT2D eigenvalue weighted by atomic mass is 16.7. The Hall–Kier alpha value is -3.65. The monoisotopic (exact) mass is 1110 g/mol. The van der Waals surface area contributed by atoms with E-state index in [4.69, 9.17) is 28.4 Å². The number of carbonyl (C=O) groups is 7. The van der Waals surface area contributed by atoms with Gasteiger partial charge in [-0.05, 0) is 71.1 Å². The quantitative estimate of drug-likeness (QED) is 0.0248. The molecule has 22 nitrogen and oxygen atoms in total. The van der Waals surface area contributed by atoms with Gasteiger partial charge in [-0.3, -0.25) is 38.5 Å². The second kappa shape index (κ2) is 35.9. The van der Waals surface area contributed by atoms with Gasteiger partial charge in [0, 0.05) is 113 Å². The summed E-state index contributed by atoms with van der Waals surface area (Å²) >= 11 is 0. The van der Waals surface area contributed by atoms with Crippen LogP contribution in [0.3, 0.4) is 0 Å². The number of rotatable bonds is 41. The van der Waals surface area contributed by atoms with Crippen LogP contribution >= 0.6 is 0 Å². The minimum absolute atomic E-state index is 0.0460. The summed E-state index contributed by atoms with van der Waals surface area (Å²) in [6, 6.07) is 0. The molecule has 0 spiro atoms. The van der Waals surface area contributed by atoms with Gasteiger partial charge in [0.05, 0.1) is 38.6 Å². The SMILES string of the molecule is CC1[C@H](OCCCCC(=O)NCCCC[C@H](CC(=O)CCCCOC2OC(CO)[C@H](O)[C@H](O)[C@@H]2C)C(=O)NCCCCCC(=O)CCCOC(C)(OCCCC(=O)CCN2C(=O)C=CC2=O)C(C)(C)C)OC(CO)C(O)[C@@H]1O. The van der Waals surface area contributed by atoms with Gasteiger partial charge in [0.25, 0.3) is 11.8 Å². The molecule has 4 amide bonds. The van der Waals surface area contributed by atoms with Crippen molar-refractivity contribution in [2.24, 2.45) is 23.2 Å². The molecule has 0 aromatic rings. The lowest BCUT2D eigenvalue weighted by Crippen LogP contribution is -2.55. The summed E-state index contributed by atoms with van der Waals surface area (Å²) in [5.41, 5.74) is -0.416. The lowest BCUT2D eigenvalue weighted by molar-refractivity contribution is -0.282. The predicted octanol–water partition coefficient (Wildman–Crippen LogP) is 2.86. The molecule has 0 radical (unpaired) electrons. The number of imide groups is 1. The fraction of sp³-hybridized carbons (Fsp3) is 0.839. The van der Waals surface area contributed by atoms with Gasteiger partial charge >= 0.3 is 0 Å². The number of aliphatic hydroxyl groups excluding tert-OH is 6. The van der Waals surface area contributed by atoms with Crippen LogP contribution < -0.4 is 10.6 Å². The molecule has 3 rings (SSSR count). The van der Waals surface area contributed by atoms with Crippen LogP contribution in [-0.4, -0.2) is 191 Å². The Balaban J connectivity index is 1.35. The van der Waals surface area contributed by atoms with Crippen LogP contribution in [-0.2, 0) is 62.0 Å². The van der Waals surface area contributed by atoms with Gasteiger partial charge in [-0.2, -0.15) is 0 Å². The molecular formula is C56H95N3O19. The summed E-state index contributed by atoms with van der Waals surface area (Å²) in [6.07, 6.45) is 2.40. The fourth-order valence-electron chi connectivity index (χ4n) is 9.23. The first-order valence-corrected chi connectivity index (χ1v) is 28.4. The summed E-state index contributed by atoms with van der Waals surface area (Å²) < 4.78 is 35.1. The molecule has 0 aromatic carbocycles. The third-order valence-corrected chi connectivity index (χ3v) is 15.0. The lowest BCUT2D eigenvalue weighted by Gasteiger charge is -2.41. The minimum atomic E-state index is -1.23. The number of ketones is 3. The summed E-state index contributed by atoms with van der Waals surface area (Å²) in [5, 5.41) is 65.5. The number of aliphatic hydroxyl groups is 6. The Morgan fingerprint density at radius 2 is 1.04 bits per heavy atom. The van der Waals surface area contributed by atoms with E-state index in [0.29, 0.717) is 110 Å². The molecule has 0 aliphatic carbocycles. The molecule has 12 atom stereocenters. The van der Waals surface area contributed by atoms with Crippen molar-refractivity contribution in [3.63, 3.8) is 0 Å². The van der Waals surface area contributed by atoms with E-state index in [-0.39, 0.29) is 87.6 Å². The van der Waals surface area contributed by atoms with Crippen molar-refractivity contribution in [1.29, 1.82) is 0 Å². The lowest BCUT2D eigenvalue weighted by atomic mass is 9.86. The third-order valence-electron chi connectivity index (χ3n) is 15.0. The Morgan fingerprint density at radius 3 is 1.56 bits per heavy atom. The zero-order valence-electron chi connectivity index (χ0n) is 47.2. The van der Waals surface area contributed by atoms with Gasteiger partial charge in [0.1, 0.15) is 41.8 Å².